The van der Waals surface area contributed by atoms with Crippen molar-refractivity contribution >= 4 is 15.8 Å². The monoisotopic (exact) mass is 304 g/mol. The van der Waals surface area contributed by atoms with Crippen LogP contribution in [0.25, 0.3) is 0 Å². The largest absolute Gasteiger partial charge is 0.349 e. The second-order valence-corrected chi connectivity index (χ2v) is 7.05. The van der Waals surface area contributed by atoms with E-state index in [1.54, 1.807) is 12.1 Å². The van der Waals surface area contributed by atoms with Crippen LogP contribution in [0.3, 0.4) is 0 Å². The van der Waals surface area contributed by atoms with E-state index in [-0.39, 0.29) is 10.7 Å². The van der Waals surface area contributed by atoms with Crippen molar-refractivity contribution in [2.45, 2.75) is 24.9 Å². The zero-order valence-electron chi connectivity index (χ0n) is 11.7. The summed E-state index contributed by atoms with van der Waals surface area (Å²) < 4.78 is 28.9. The van der Waals surface area contributed by atoms with Crippen molar-refractivity contribution in [3.05, 3.63) is 53.9 Å². The van der Waals surface area contributed by atoms with Gasteiger partial charge in [-0.05, 0) is 31.2 Å². The van der Waals surface area contributed by atoms with Gasteiger partial charge in [-0.1, -0.05) is 12.1 Å². The zero-order chi connectivity index (χ0) is 15.0. The fraction of sp³-hybridized carbons (Fsp3) is 0.267. The highest BCUT2D eigenvalue weighted by Gasteiger charge is 2.28. The van der Waals surface area contributed by atoms with Crippen LogP contribution in [-0.2, 0) is 23.1 Å². The molecule has 1 aliphatic rings. The van der Waals surface area contributed by atoms with Crippen molar-refractivity contribution in [3.8, 4) is 0 Å². The Morgan fingerprint density at radius 1 is 1.14 bits per heavy atom. The first-order valence-electron chi connectivity index (χ1n) is 6.73. The van der Waals surface area contributed by atoms with Crippen molar-refractivity contribution in [3.63, 3.8) is 0 Å². The van der Waals surface area contributed by atoms with Gasteiger partial charge in [0, 0.05) is 30.5 Å². The molecule has 0 N–H and O–H groups in total. The average molecular weight is 304 g/mol. The summed E-state index contributed by atoms with van der Waals surface area (Å²) in [6, 6.07) is 10.1. The Morgan fingerprint density at radius 2 is 1.95 bits per heavy atom. The molecule has 0 amide bonds. The van der Waals surface area contributed by atoms with Crippen LogP contribution in [0.5, 0.6) is 0 Å². The molecule has 0 fully saturated rings. The lowest BCUT2D eigenvalue weighted by atomic mass is 10.2. The summed E-state index contributed by atoms with van der Waals surface area (Å²) in [5, 5.41) is 0. The molecule has 0 atom stereocenters. The molecule has 0 aliphatic carbocycles. The van der Waals surface area contributed by atoms with Gasteiger partial charge >= 0.3 is 0 Å². The molecule has 0 bridgehead atoms. The van der Waals surface area contributed by atoms with Crippen LogP contribution in [0.2, 0.25) is 0 Å². The third-order valence-corrected chi connectivity index (χ3v) is 5.57. The second-order valence-electron chi connectivity index (χ2n) is 5.12. The summed E-state index contributed by atoms with van der Waals surface area (Å²) in [5.41, 5.74) is 1.39. The number of carbonyl (C=O) groups excluding carboxylic acids is 1. The highest BCUT2D eigenvalue weighted by Crippen LogP contribution is 2.22. The lowest BCUT2D eigenvalue weighted by molar-refractivity contribution is 0.101. The normalized spacial score (nSPS) is 15.7. The molecule has 110 valence electrons. The molecule has 0 saturated carbocycles. The topological polar surface area (TPSA) is 59.4 Å². The number of sulfonamides is 1. The number of carbonyl (C=O) groups is 1. The fourth-order valence-electron chi connectivity index (χ4n) is 2.52. The standard InChI is InChI=1S/C15H16N2O3S/c1-12(18)13-4-2-6-15(10-13)21(19,20)17-9-8-16-7-3-5-14(16)11-17/h2-7,10H,8-9,11H2,1H3. The molecular weight excluding hydrogens is 288 g/mol. The third kappa shape index (κ3) is 2.52. The highest BCUT2D eigenvalue weighted by molar-refractivity contribution is 7.89. The molecule has 21 heavy (non-hydrogen) atoms. The summed E-state index contributed by atoms with van der Waals surface area (Å²) in [7, 11) is -3.57. The van der Waals surface area contributed by atoms with Gasteiger partial charge in [-0.15, -0.1) is 0 Å². The third-order valence-electron chi connectivity index (χ3n) is 3.73. The predicted molar refractivity (Wildman–Crippen MR) is 78.5 cm³/mol. The Kier molecular flexibility index (Phi) is 3.43. The molecule has 0 unspecified atom stereocenters. The summed E-state index contributed by atoms with van der Waals surface area (Å²) >= 11 is 0. The Morgan fingerprint density at radius 3 is 2.71 bits per heavy atom. The minimum absolute atomic E-state index is 0.139. The van der Waals surface area contributed by atoms with Gasteiger partial charge in [0.2, 0.25) is 10.0 Å². The molecule has 2 aromatic rings. The maximum atomic E-state index is 12.7. The van der Waals surface area contributed by atoms with Crippen molar-refractivity contribution in [2.24, 2.45) is 0 Å². The van der Waals surface area contributed by atoms with E-state index >= 15 is 0 Å². The van der Waals surface area contributed by atoms with E-state index in [2.05, 4.69) is 4.57 Å². The van der Waals surface area contributed by atoms with E-state index in [0.29, 0.717) is 25.2 Å². The smallest absolute Gasteiger partial charge is 0.243 e. The first kappa shape index (κ1) is 14.0. The highest BCUT2D eigenvalue weighted by atomic mass is 32.2. The van der Waals surface area contributed by atoms with Crippen LogP contribution in [-0.4, -0.2) is 29.6 Å². The van der Waals surface area contributed by atoms with Crippen molar-refractivity contribution in [1.29, 1.82) is 0 Å². The molecule has 3 rings (SSSR count). The van der Waals surface area contributed by atoms with E-state index in [0.717, 1.165) is 5.69 Å². The number of hydrogen-bond acceptors (Lipinski definition) is 3. The molecular formula is C15H16N2O3S. The van der Waals surface area contributed by atoms with Gasteiger partial charge in [0.05, 0.1) is 11.4 Å². The minimum atomic E-state index is -3.57. The van der Waals surface area contributed by atoms with Crippen LogP contribution >= 0.6 is 0 Å². The van der Waals surface area contributed by atoms with E-state index in [1.807, 2.05) is 18.3 Å². The van der Waals surface area contributed by atoms with Gasteiger partial charge in [0.1, 0.15) is 0 Å². The maximum Gasteiger partial charge on any atom is 0.243 e. The molecule has 1 aromatic heterocycles. The van der Waals surface area contributed by atoms with Gasteiger partial charge in [-0.25, -0.2) is 8.42 Å². The predicted octanol–water partition coefficient (Wildman–Crippen LogP) is 1.90. The van der Waals surface area contributed by atoms with Crippen LogP contribution in [0.1, 0.15) is 23.0 Å². The van der Waals surface area contributed by atoms with Crippen LogP contribution in [0.15, 0.2) is 47.5 Å². The van der Waals surface area contributed by atoms with E-state index in [1.165, 1.54) is 23.4 Å². The number of hydrogen-bond donors (Lipinski definition) is 0. The van der Waals surface area contributed by atoms with Gasteiger partial charge < -0.3 is 4.57 Å². The van der Waals surface area contributed by atoms with Crippen molar-refractivity contribution in [2.75, 3.05) is 6.54 Å². The quantitative estimate of drug-likeness (QED) is 0.814. The number of benzene rings is 1. The molecule has 0 saturated heterocycles. The summed E-state index contributed by atoms with van der Waals surface area (Å²) in [6.07, 6.45) is 1.95. The molecule has 0 spiro atoms. The Bertz CT molecular complexity index is 793. The molecule has 0 radical (unpaired) electrons. The van der Waals surface area contributed by atoms with Crippen molar-refractivity contribution in [1.82, 2.24) is 8.87 Å². The molecule has 1 aliphatic heterocycles. The van der Waals surface area contributed by atoms with Gasteiger partial charge in [0.25, 0.3) is 0 Å². The number of fused-ring (bicyclic) bond motifs is 1. The lowest BCUT2D eigenvalue weighted by Gasteiger charge is -2.28. The van der Waals surface area contributed by atoms with Crippen LogP contribution in [0, 0.1) is 0 Å². The zero-order valence-corrected chi connectivity index (χ0v) is 12.5. The average Bonchev–Trinajstić information content (AvgIpc) is 2.94. The van der Waals surface area contributed by atoms with Crippen LogP contribution < -0.4 is 0 Å². The molecule has 2 heterocycles. The lowest BCUT2D eigenvalue weighted by Crippen LogP contribution is -2.37. The number of rotatable bonds is 3. The first-order chi connectivity index (χ1) is 9.98. The summed E-state index contributed by atoms with van der Waals surface area (Å²) in [6.45, 7) is 2.88. The Balaban J connectivity index is 1.94. The number of Topliss-reactive ketones (excluding diaryl/α,β-unsaturated/α-hetero) is 1. The van der Waals surface area contributed by atoms with E-state index in [4.69, 9.17) is 0 Å². The molecule has 5 nitrogen and oxygen atoms in total. The number of aromatic nitrogens is 1. The number of nitrogens with zero attached hydrogens (tertiary/aromatic N) is 2. The Labute approximate surface area is 123 Å². The fourth-order valence-corrected chi connectivity index (χ4v) is 3.97. The Hall–Kier alpha value is -1.92. The van der Waals surface area contributed by atoms with Gasteiger partial charge in [0.15, 0.2) is 5.78 Å². The first-order valence-corrected chi connectivity index (χ1v) is 8.17. The summed E-state index contributed by atoms with van der Waals surface area (Å²) in [5.74, 6) is -0.139. The van der Waals surface area contributed by atoms with Crippen molar-refractivity contribution < 1.29 is 13.2 Å². The van der Waals surface area contributed by atoms with Gasteiger partial charge in [-0.2, -0.15) is 4.31 Å². The van der Waals surface area contributed by atoms with E-state index < -0.39 is 10.0 Å². The van der Waals surface area contributed by atoms with Gasteiger partial charge in [-0.3, -0.25) is 4.79 Å². The van der Waals surface area contributed by atoms with E-state index in [9.17, 15) is 13.2 Å². The SMILES string of the molecule is CC(=O)c1cccc(S(=O)(=O)N2CCn3cccc3C2)c1. The summed E-state index contributed by atoms with van der Waals surface area (Å²) in [4.78, 5) is 11.6. The number of ketones is 1. The minimum Gasteiger partial charge on any atom is -0.349 e. The van der Waals surface area contributed by atoms with Crippen LogP contribution in [0.4, 0.5) is 0 Å². The molecule has 6 heteroatoms. The second kappa shape index (κ2) is 5.13. The molecule has 1 aromatic carbocycles. The maximum absolute atomic E-state index is 12.7.